The molecule has 0 saturated carbocycles. The molecule has 6 nitrogen and oxygen atoms in total. The van der Waals surface area contributed by atoms with Gasteiger partial charge in [0.05, 0.1) is 13.2 Å². The average molecular weight is 342 g/mol. The van der Waals surface area contributed by atoms with Gasteiger partial charge in [0, 0.05) is 37.9 Å². The van der Waals surface area contributed by atoms with E-state index < -0.39 is 0 Å². The number of nitrogens with zero attached hydrogens (tertiary/aromatic N) is 3. The van der Waals surface area contributed by atoms with E-state index in [9.17, 15) is 4.79 Å². The van der Waals surface area contributed by atoms with E-state index in [1.54, 1.807) is 11.8 Å². The molecule has 0 aliphatic carbocycles. The Morgan fingerprint density at radius 1 is 1.36 bits per heavy atom. The van der Waals surface area contributed by atoms with Crippen molar-refractivity contribution in [1.82, 2.24) is 20.0 Å². The molecule has 25 heavy (non-hydrogen) atoms. The molecule has 1 aliphatic heterocycles. The fraction of sp³-hybridized carbons (Fsp3) is 0.474. The Morgan fingerprint density at radius 2 is 2.12 bits per heavy atom. The summed E-state index contributed by atoms with van der Waals surface area (Å²) in [7, 11) is 3.55. The van der Waals surface area contributed by atoms with Crippen molar-refractivity contribution in [2.24, 2.45) is 7.05 Å². The summed E-state index contributed by atoms with van der Waals surface area (Å²) in [6.45, 7) is 6.34. The molecule has 0 bridgehead atoms. The molecule has 1 saturated heterocycles. The molecule has 1 aliphatic rings. The number of piperazine rings is 1. The minimum Gasteiger partial charge on any atom is -0.496 e. The van der Waals surface area contributed by atoms with Crippen LogP contribution in [0.4, 0.5) is 0 Å². The summed E-state index contributed by atoms with van der Waals surface area (Å²) in [5.74, 6) is 1.10. The summed E-state index contributed by atoms with van der Waals surface area (Å²) in [4.78, 5) is 15.1. The predicted octanol–water partition coefficient (Wildman–Crippen LogP) is 2.34. The van der Waals surface area contributed by atoms with E-state index in [-0.39, 0.29) is 11.9 Å². The van der Waals surface area contributed by atoms with Crippen molar-refractivity contribution in [3.05, 3.63) is 47.3 Å². The lowest BCUT2D eigenvalue weighted by Crippen LogP contribution is -2.48. The molecule has 0 spiro atoms. The summed E-state index contributed by atoms with van der Waals surface area (Å²) in [5.41, 5.74) is 2.59. The minimum atomic E-state index is -0.0677. The quantitative estimate of drug-likeness (QED) is 0.926. The third kappa shape index (κ3) is 3.39. The van der Waals surface area contributed by atoms with Crippen molar-refractivity contribution in [1.29, 1.82) is 0 Å². The molecule has 6 heteroatoms. The molecule has 2 aromatic rings. The smallest absolute Gasteiger partial charge is 0.274 e. The van der Waals surface area contributed by atoms with Crippen molar-refractivity contribution >= 4 is 5.91 Å². The zero-order valence-corrected chi connectivity index (χ0v) is 15.3. The highest BCUT2D eigenvalue weighted by Gasteiger charge is 2.31. The van der Waals surface area contributed by atoms with E-state index in [4.69, 9.17) is 4.74 Å². The maximum absolute atomic E-state index is 13.2. The third-order valence-corrected chi connectivity index (χ3v) is 4.73. The topological polar surface area (TPSA) is 59.4 Å². The number of hydrogen-bond donors (Lipinski definition) is 1. The maximum atomic E-state index is 13.2. The number of ether oxygens (including phenoxy) is 1. The summed E-state index contributed by atoms with van der Waals surface area (Å²) in [6.07, 6.45) is 0. The summed E-state index contributed by atoms with van der Waals surface area (Å²) in [5, 5.41) is 7.83. The van der Waals surface area contributed by atoms with Gasteiger partial charge in [0.25, 0.3) is 5.91 Å². The number of rotatable bonds is 4. The Bertz CT molecular complexity index is 754. The van der Waals surface area contributed by atoms with Gasteiger partial charge in [-0.15, -0.1) is 0 Å². The highest BCUT2D eigenvalue weighted by molar-refractivity contribution is 5.93. The number of carbonyl (C=O) groups is 1. The molecule has 0 radical (unpaired) electrons. The van der Waals surface area contributed by atoms with E-state index in [0.29, 0.717) is 24.7 Å². The van der Waals surface area contributed by atoms with E-state index >= 15 is 0 Å². The largest absolute Gasteiger partial charge is 0.496 e. The van der Waals surface area contributed by atoms with Crippen LogP contribution in [0, 0.1) is 0 Å². The molecular formula is C19H26N4O2. The second-order valence-electron chi connectivity index (χ2n) is 6.69. The fourth-order valence-electron chi connectivity index (χ4n) is 3.44. The molecule has 1 amide bonds. The van der Waals surface area contributed by atoms with Crippen molar-refractivity contribution in [3.63, 3.8) is 0 Å². The molecule has 3 rings (SSSR count). The second kappa shape index (κ2) is 7.27. The lowest BCUT2D eigenvalue weighted by molar-refractivity contribution is 0.0624. The first kappa shape index (κ1) is 17.5. The predicted molar refractivity (Wildman–Crippen MR) is 96.9 cm³/mol. The summed E-state index contributed by atoms with van der Waals surface area (Å²) in [6, 6.07) is 9.72. The number of para-hydroxylation sites is 1. The first-order valence-electron chi connectivity index (χ1n) is 8.71. The van der Waals surface area contributed by atoms with Gasteiger partial charge < -0.3 is 15.0 Å². The van der Waals surface area contributed by atoms with E-state index in [2.05, 4.69) is 24.3 Å². The highest BCUT2D eigenvalue weighted by Crippen LogP contribution is 2.31. The normalized spacial score (nSPS) is 17.8. The molecule has 1 atom stereocenters. The van der Waals surface area contributed by atoms with Crippen molar-refractivity contribution in [2.45, 2.75) is 25.8 Å². The van der Waals surface area contributed by atoms with Gasteiger partial charge in [-0.2, -0.15) is 5.10 Å². The van der Waals surface area contributed by atoms with Gasteiger partial charge in [0.15, 0.2) is 5.69 Å². The van der Waals surface area contributed by atoms with Crippen LogP contribution in [0.2, 0.25) is 0 Å². The van der Waals surface area contributed by atoms with Crippen LogP contribution in [-0.4, -0.2) is 47.3 Å². The Labute approximate surface area is 148 Å². The zero-order chi connectivity index (χ0) is 18.0. The van der Waals surface area contributed by atoms with E-state index in [0.717, 1.165) is 23.6 Å². The average Bonchev–Trinajstić information content (AvgIpc) is 3.03. The van der Waals surface area contributed by atoms with Crippen LogP contribution in [0.1, 0.15) is 47.6 Å². The summed E-state index contributed by atoms with van der Waals surface area (Å²) < 4.78 is 7.31. The number of aryl methyl sites for hydroxylation is 1. The maximum Gasteiger partial charge on any atom is 0.274 e. The Balaban J connectivity index is 1.93. The van der Waals surface area contributed by atoms with Gasteiger partial charge in [-0.1, -0.05) is 32.0 Å². The lowest BCUT2D eigenvalue weighted by Gasteiger charge is -2.36. The minimum absolute atomic E-state index is 0.0279. The Morgan fingerprint density at radius 3 is 2.80 bits per heavy atom. The second-order valence-corrected chi connectivity index (χ2v) is 6.69. The monoisotopic (exact) mass is 342 g/mol. The molecular weight excluding hydrogens is 316 g/mol. The molecule has 134 valence electrons. The highest BCUT2D eigenvalue weighted by atomic mass is 16.5. The van der Waals surface area contributed by atoms with Crippen molar-refractivity contribution in [2.75, 3.05) is 26.7 Å². The molecule has 1 N–H and O–H groups in total. The van der Waals surface area contributed by atoms with Gasteiger partial charge in [0.2, 0.25) is 0 Å². The zero-order valence-electron chi connectivity index (χ0n) is 15.3. The molecule has 2 heterocycles. The van der Waals surface area contributed by atoms with Crippen LogP contribution in [0.3, 0.4) is 0 Å². The van der Waals surface area contributed by atoms with Gasteiger partial charge >= 0.3 is 0 Å². The van der Waals surface area contributed by atoms with Crippen LogP contribution in [0.15, 0.2) is 30.3 Å². The number of hydrogen-bond acceptors (Lipinski definition) is 4. The number of benzene rings is 1. The van der Waals surface area contributed by atoms with Crippen LogP contribution in [0.25, 0.3) is 0 Å². The van der Waals surface area contributed by atoms with Gasteiger partial charge in [-0.25, -0.2) is 0 Å². The number of nitrogens with one attached hydrogen (secondary N) is 1. The number of aromatic nitrogens is 2. The van der Waals surface area contributed by atoms with Crippen LogP contribution in [0.5, 0.6) is 5.75 Å². The Hall–Kier alpha value is -2.34. The number of carbonyl (C=O) groups excluding carboxylic acids is 1. The SMILES string of the molecule is COc1ccccc1C1CNCCN1C(=O)c1cc(C(C)C)n(C)n1. The fourth-order valence-corrected chi connectivity index (χ4v) is 3.44. The van der Waals surface area contributed by atoms with Crippen LogP contribution >= 0.6 is 0 Å². The lowest BCUT2D eigenvalue weighted by atomic mass is 10.0. The number of methoxy groups -OCH3 is 1. The van der Waals surface area contributed by atoms with Gasteiger partial charge in [0.1, 0.15) is 5.75 Å². The van der Waals surface area contributed by atoms with E-state index in [1.807, 2.05) is 42.3 Å². The first-order chi connectivity index (χ1) is 12.0. The van der Waals surface area contributed by atoms with Gasteiger partial charge in [-0.05, 0) is 18.1 Å². The molecule has 1 fully saturated rings. The molecule has 1 unspecified atom stereocenters. The number of amides is 1. The van der Waals surface area contributed by atoms with Crippen molar-refractivity contribution < 1.29 is 9.53 Å². The van der Waals surface area contributed by atoms with E-state index in [1.165, 1.54) is 0 Å². The van der Waals surface area contributed by atoms with Crippen molar-refractivity contribution in [3.8, 4) is 5.75 Å². The molecule has 1 aromatic heterocycles. The van der Waals surface area contributed by atoms with Gasteiger partial charge in [-0.3, -0.25) is 9.48 Å². The summed E-state index contributed by atoms with van der Waals surface area (Å²) >= 11 is 0. The molecule has 1 aromatic carbocycles. The Kier molecular flexibility index (Phi) is 5.08. The third-order valence-electron chi connectivity index (χ3n) is 4.73. The van der Waals surface area contributed by atoms with Crippen LogP contribution in [-0.2, 0) is 7.05 Å². The first-order valence-corrected chi connectivity index (χ1v) is 8.71. The standard InChI is InChI=1S/C19H26N4O2/c1-13(2)16-11-15(21-22(16)3)19(24)23-10-9-20-12-17(23)14-7-5-6-8-18(14)25-4/h5-8,11,13,17,20H,9-10,12H2,1-4H3. The van der Waals surface area contributed by atoms with Crippen LogP contribution < -0.4 is 10.1 Å².